The van der Waals surface area contributed by atoms with E-state index >= 15 is 0 Å². The molecule has 0 spiro atoms. The quantitative estimate of drug-likeness (QED) is 0.880. The first-order valence-electron chi connectivity index (χ1n) is 8.56. The van der Waals surface area contributed by atoms with E-state index < -0.39 is 5.82 Å². The first kappa shape index (κ1) is 17.7. The number of hydrogen-bond acceptors (Lipinski definition) is 5. The number of aromatic nitrogens is 2. The fourth-order valence-electron chi connectivity index (χ4n) is 3.30. The number of ether oxygens (including phenoxy) is 1. The van der Waals surface area contributed by atoms with E-state index in [-0.39, 0.29) is 36.1 Å². The van der Waals surface area contributed by atoms with Gasteiger partial charge in [0.25, 0.3) is 0 Å². The molecule has 1 amide bonds. The molecular formula is C17H22F2N4O2. The van der Waals surface area contributed by atoms with Gasteiger partial charge in [0.1, 0.15) is 5.83 Å². The lowest BCUT2D eigenvalue weighted by Crippen LogP contribution is -2.45. The topological polar surface area (TPSA) is 67.3 Å². The molecule has 0 aromatic carbocycles. The van der Waals surface area contributed by atoms with E-state index in [9.17, 15) is 13.6 Å². The lowest BCUT2D eigenvalue weighted by atomic mass is 9.84. The standard InChI is InChI=1S/C17H22F2N4O2/c18-13-2-1-5-23(11-13)16(24)15(12-3-6-25-7-4-12)10-22-17-20-8-14(19)9-21-17/h2,8-9,12,15H,1,3-7,10-11H2,(H,20,21,22). The van der Waals surface area contributed by atoms with E-state index in [4.69, 9.17) is 4.74 Å². The molecule has 2 aliphatic heterocycles. The highest BCUT2D eigenvalue weighted by atomic mass is 19.1. The van der Waals surface area contributed by atoms with Crippen LogP contribution < -0.4 is 5.32 Å². The van der Waals surface area contributed by atoms with Crippen LogP contribution in [-0.4, -0.2) is 53.6 Å². The van der Waals surface area contributed by atoms with E-state index in [1.54, 1.807) is 4.90 Å². The minimum Gasteiger partial charge on any atom is -0.381 e. The van der Waals surface area contributed by atoms with Crippen LogP contribution >= 0.6 is 0 Å². The molecule has 1 saturated heterocycles. The molecule has 0 radical (unpaired) electrons. The maximum Gasteiger partial charge on any atom is 0.228 e. The molecule has 1 aromatic rings. The number of hydrogen-bond donors (Lipinski definition) is 1. The molecule has 25 heavy (non-hydrogen) atoms. The largest absolute Gasteiger partial charge is 0.381 e. The van der Waals surface area contributed by atoms with Crippen LogP contribution in [0.25, 0.3) is 0 Å². The molecule has 8 heteroatoms. The Morgan fingerprint density at radius 2 is 2.04 bits per heavy atom. The van der Waals surface area contributed by atoms with Gasteiger partial charge in [0.15, 0.2) is 5.82 Å². The number of carbonyl (C=O) groups is 1. The Bertz CT molecular complexity index is 618. The Morgan fingerprint density at radius 3 is 2.72 bits per heavy atom. The van der Waals surface area contributed by atoms with Crippen LogP contribution in [0.4, 0.5) is 14.7 Å². The molecule has 6 nitrogen and oxygen atoms in total. The number of nitrogens with zero attached hydrogens (tertiary/aromatic N) is 3. The van der Waals surface area contributed by atoms with E-state index in [1.807, 2.05) is 0 Å². The predicted octanol–water partition coefficient (Wildman–Crippen LogP) is 2.16. The van der Waals surface area contributed by atoms with Crippen molar-refractivity contribution in [1.29, 1.82) is 0 Å². The zero-order chi connectivity index (χ0) is 17.6. The number of anilines is 1. The van der Waals surface area contributed by atoms with Crippen molar-refractivity contribution in [3.63, 3.8) is 0 Å². The molecular weight excluding hydrogens is 330 g/mol. The molecule has 1 unspecified atom stereocenters. The summed E-state index contributed by atoms with van der Waals surface area (Å²) in [4.78, 5) is 22.3. The summed E-state index contributed by atoms with van der Waals surface area (Å²) in [6.45, 7) is 2.13. The van der Waals surface area contributed by atoms with Gasteiger partial charge in [-0.25, -0.2) is 18.7 Å². The minimum absolute atomic E-state index is 0.0333. The smallest absolute Gasteiger partial charge is 0.228 e. The second kappa shape index (κ2) is 8.33. The third kappa shape index (κ3) is 4.72. The van der Waals surface area contributed by atoms with Crippen LogP contribution in [0.15, 0.2) is 24.3 Å². The molecule has 1 aromatic heterocycles. The maximum atomic E-state index is 13.6. The molecule has 3 rings (SSSR count). The molecule has 0 aliphatic carbocycles. The third-order valence-electron chi connectivity index (χ3n) is 4.67. The van der Waals surface area contributed by atoms with E-state index in [1.165, 1.54) is 6.08 Å². The second-order valence-electron chi connectivity index (χ2n) is 6.36. The minimum atomic E-state index is -0.516. The summed E-state index contributed by atoms with van der Waals surface area (Å²) in [5.74, 6) is -0.731. The monoisotopic (exact) mass is 352 g/mol. The van der Waals surface area contributed by atoms with Crippen LogP contribution in [0.1, 0.15) is 19.3 Å². The average Bonchev–Trinajstić information content (AvgIpc) is 2.64. The Kier molecular flexibility index (Phi) is 5.91. The van der Waals surface area contributed by atoms with Crippen molar-refractivity contribution >= 4 is 11.9 Å². The highest BCUT2D eigenvalue weighted by molar-refractivity contribution is 5.80. The maximum absolute atomic E-state index is 13.6. The number of nitrogens with one attached hydrogen (secondary N) is 1. The fraction of sp³-hybridized carbons (Fsp3) is 0.588. The molecule has 1 atom stereocenters. The van der Waals surface area contributed by atoms with Crippen molar-refractivity contribution in [2.75, 3.05) is 38.2 Å². The third-order valence-corrected chi connectivity index (χ3v) is 4.67. The summed E-state index contributed by atoms with van der Waals surface area (Å²) in [6.07, 6.45) is 5.78. The molecule has 1 fully saturated rings. The average molecular weight is 352 g/mol. The van der Waals surface area contributed by atoms with Gasteiger partial charge >= 0.3 is 0 Å². The zero-order valence-corrected chi connectivity index (χ0v) is 14.0. The molecule has 0 saturated carbocycles. The van der Waals surface area contributed by atoms with Gasteiger partial charge in [-0.05, 0) is 31.3 Å². The number of carbonyl (C=O) groups excluding carboxylic acids is 1. The fourth-order valence-corrected chi connectivity index (χ4v) is 3.30. The van der Waals surface area contributed by atoms with Gasteiger partial charge in [0, 0.05) is 26.3 Å². The highest BCUT2D eigenvalue weighted by Gasteiger charge is 2.33. The summed E-state index contributed by atoms with van der Waals surface area (Å²) < 4.78 is 31.9. The summed E-state index contributed by atoms with van der Waals surface area (Å²) >= 11 is 0. The van der Waals surface area contributed by atoms with Crippen LogP contribution in [0, 0.1) is 17.7 Å². The van der Waals surface area contributed by atoms with Crippen molar-refractivity contribution in [2.24, 2.45) is 11.8 Å². The molecule has 136 valence electrons. The van der Waals surface area contributed by atoms with Gasteiger partial charge < -0.3 is 15.0 Å². The lowest BCUT2D eigenvalue weighted by molar-refractivity contribution is -0.138. The number of amides is 1. The summed E-state index contributed by atoms with van der Waals surface area (Å²) in [5.41, 5.74) is 0. The number of rotatable bonds is 5. The first-order valence-corrected chi connectivity index (χ1v) is 8.56. The van der Waals surface area contributed by atoms with E-state index in [0.29, 0.717) is 32.7 Å². The van der Waals surface area contributed by atoms with Crippen molar-refractivity contribution < 1.29 is 18.3 Å². The van der Waals surface area contributed by atoms with Gasteiger partial charge in [-0.2, -0.15) is 0 Å². The Balaban J connectivity index is 1.68. The van der Waals surface area contributed by atoms with Crippen molar-refractivity contribution in [3.8, 4) is 0 Å². The lowest BCUT2D eigenvalue weighted by Gasteiger charge is -2.34. The molecule has 2 aliphatic rings. The van der Waals surface area contributed by atoms with Gasteiger partial charge in [-0.3, -0.25) is 4.79 Å². The highest BCUT2D eigenvalue weighted by Crippen LogP contribution is 2.27. The SMILES string of the molecule is O=C(C(CNc1ncc(F)cn1)C1CCOCC1)N1CCC=C(F)C1. The van der Waals surface area contributed by atoms with Crippen LogP contribution in [0.2, 0.25) is 0 Å². The van der Waals surface area contributed by atoms with Gasteiger partial charge in [-0.15, -0.1) is 0 Å². The second-order valence-corrected chi connectivity index (χ2v) is 6.36. The Morgan fingerprint density at radius 1 is 1.32 bits per heavy atom. The molecule has 1 N–H and O–H groups in total. The normalized spacial score (nSPS) is 20.1. The summed E-state index contributed by atoms with van der Waals surface area (Å²) in [7, 11) is 0. The van der Waals surface area contributed by atoms with Crippen molar-refractivity contribution in [3.05, 3.63) is 30.1 Å². The predicted molar refractivity (Wildman–Crippen MR) is 87.9 cm³/mol. The molecule has 3 heterocycles. The number of halogens is 2. The van der Waals surface area contributed by atoms with E-state index in [0.717, 1.165) is 25.2 Å². The Hall–Kier alpha value is -2.09. The van der Waals surface area contributed by atoms with Crippen LogP contribution in [0.3, 0.4) is 0 Å². The first-order chi connectivity index (χ1) is 12.1. The van der Waals surface area contributed by atoms with Crippen molar-refractivity contribution in [2.45, 2.75) is 19.3 Å². The van der Waals surface area contributed by atoms with Crippen LogP contribution in [0.5, 0.6) is 0 Å². The zero-order valence-electron chi connectivity index (χ0n) is 14.0. The van der Waals surface area contributed by atoms with Gasteiger partial charge in [0.05, 0.1) is 24.9 Å². The Labute approximate surface area is 145 Å². The van der Waals surface area contributed by atoms with Gasteiger partial charge in [0.2, 0.25) is 11.9 Å². The van der Waals surface area contributed by atoms with Crippen molar-refractivity contribution in [1.82, 2.24) is 14.9 Å². The van der Waals surface area contributed by atoms with E-state index in [2.05, 4.69) is 15.3 Å². The van der Waals surface area contributed by atoms with Crippen LogP contribution in [-0.2, 0) is 9.53 Å². The summed E-state index contributed by atoms with van der Waals surface area (Å²) in [6, 6.07) is 0. The molecule has 0 bridgehead atoms. The summed E-state index contributed by atoms with van der Waals surface area (Å²) in [5, 5.41) is 3.01. The van der Waals surface area contributed by atoms with Gasteiger partial charge in [-0.1, -0.05) is 0 Å².